The Kier molecular flexibility index (Phi) is 6.19. The molecule has 29 heavy (non-hydrogen) atoms. The van der Waals surface area contributed by atoms with Crippen LogP contribution in [0.3, 0.4) is 0 Å². The summed E-state index contributed by atoms with van der Waals surface area (Å²) in [6, 6.07) is 12.6. The number of hydrogen-bond donors (Lipinski definition) is 1. The minimum atomic E-state index is -0.0834. The van der Waals surface area contributed by atoms with Gasteiger partial charge in [0.15, 0.2) is 0 Å². The predicted molar refractivity (Wildman–Crippen MR) is 117 cm³/mol. The normalized spacial score (nSPS) is 25.7. The maximum absolute atomic E-state index is 12.5. The molecule has 0 amide bonds. The molecule has 0 bridgehead atoms. The molecule has 0 spiro atoms. The van der Waals surface area contributed by atoms with E-state index in [0.29, 0.717) is 24.5 Å². The van der Waals surface area contributed by atoms with Crippen molar-refractivity contribution in [3.8, 4) is 0 Å². The summed E-state index contributed by atoms with van der Waals surface area (Å²) in [5, 5.41) is 0. The first-order valence-corrected chi connectivity index (χ1v) is 10.9. The van der Waals surface area contributed by atoms with E-state index in [9.17, 15) is 4.79 Å². The van der Waals surface area contributed by atoms with Gasteiger partial charge in [0.05, 0.1) is 12.7 Å². The standard InChI is InChI=1S/C23H32N4O2/c1-17-7-6-10-27(20(13-17)14-19-8-4-3-5-9-19)23-24-21(15-22(28)25-23)26-11-12-29-18(2)16-26/h3-5,8-9,15,17-18,20H,6-7,10-14,16H2,1-2H3,(H,24,25,28)/t17-,18?,20+/m0/s1. The van der Waals surface area contributed by atoms with Gasteiger partial charge in [0, 0.05) is 31.7 Å². The van der Waals surface area contributed by atoms with E-state index in [1.54, 1.807) is 6.07 Å². The van der Waals surface area contributed by atoms with Crippen LogP contribution in [0.2, 0.25) is 0 Å². The van der Waals surface area contributed by atoms with Gasteiger partial charge in [-0.05, 0) is 44.1 Å². The van der Waals surface area contributed by atoms with Crippen molar-refractivity contribution in [2.75, 3.05) is 36.0 Å². The molecule has 2 aromatic rings. The molecule has 0 aliphatic carbocycles. The number of ether oxygens (including phenoxy) is 1. The van der Waals surface area contributed by atoms with Gasteiger partial charge in [-0.3, -0.25) is 9.78 Å². The summed E-state index contributed by atoms with van der Waals surface area (Å²) in [5.74, 6) is 2.14. The van der Waals surface area contributed by atoms with E-state index in [1.807, 2.05) is 0 Å². The highest BCUT2D eigenvalue weighted by atomic mass is 16.5. The van der Waals surface area contributed by atoms with Crippen LogP contribution < -0.4 is 15.4 Å². The van der Waals surface area contributed by atoms with E-state index in [0.717, 1.165) is 44.7 Å². The first-order valence-electron chi connectivity index (χ1n) is 10.9. The summed E-state index contributed by atoms with van der Waals surface area (Å²) < 4.78 is 5.65. The number of benzene rings is 1. The fourth-order valence-electron chi connectivity index (χ4n) is 4.62. The second-order valence-corrected chi connectivity index (χ2v) is 8.57. The zero-order chi connectivity index (χ0) is 20.2. The monoisotopic (exact) mass is 396 g/mol. The van der Waals surface area contributed by atoms with Crippen LogP contribution in [0, 0.1) is 5.92 Å². The van der Waals surface area contributed by atoms with Gasteiger partial charge in [0.2, 0.25) is 5.95 Å². The molecular formula is C23H32N4O2. The Morgan fingerprint density at radius 1 is 1.21 bits per heavy atom. The topological polar surface area (TPSA) is 61.5 Å². The Balaban J connectivity index is 1.63. The molecule has 1 unspecified atom stereocenters. The average molecular weight is 397 g/mol. The smallest absolute Gasteiger partial charge is 0.254 e. The van der Waals surface area contributed by atoms with Crippen LogP contribution in [0.15, 0.2) is 41.2 Å². The van der Waals surface area contributed by atoms with Gasteiger partial charge in [0.1, 0.15) is 5.82 Å². The molecule has 6 nitrogen and oxygen atoms in total. The maximum Gasteiger partial charge on any atom is 0.254 e. The van der Waals surface area contributed by atoms with Gasteiger partial charge >= 0.3 is 0 Å². The highest BCUT2D eigenvalue weighted by molar-refractivity contribution is 5.45. The van der Waals surface area contributed by atoms with Crippen LogP contribution in [0.1, 0.15) is 38.7 Å². The molecule has 4 rings (SSSR count). The highest BCUT2D eigenvalue weighted by Crippen LogP contribution is 2.28. The fourth-order valence-corrected chi connectivity index (χ4v) is 4.62. The van der Waals surface area contributed by atoms with E-state index < -0.39 is 0 Å². The molecule has 1 aromatic carbocycles. The zero-order valence-corrected chi connectivity index (χ0v) is 17.5. The molecule has 156 valence electrons. The van der Waals surface area contributed by atoms with Crippen molar-refractivity contribution in [3.63, 3.8) is 0 Å². The molecule has 3 heterocycles. The van der Waals surface area contributed by atoms with Crippen LogP contribution in [-0.2, 0) is 11.2 Å². The van der Waals surface area contributed by atoms with Crippen molar-refractivity contribution >= 4 is 11.8 Å². The molecule has 0 saturated carbocycles. The second-order valence-electron chi connectivity index (χ2n) is 8.57. The number of anilines is 2. The summed E-state index contributed by atoms with van der Waals surface area (Å²) in [5.41, 5.74) is 1.25. The highest BCUT2D eigenvalue weighted by Gasteiger charge is 2.27. The Hall–Kier alpha value is -2.34. The molecule has 3 atom stereocenters. The Bertz CT molecular complexity index is 853. The molecule has 6 heteroatoms. The molecule has 2 aliphatic rings. The third-order valence-electron chi connectivity index (χ3n) is 6.08. The number of rotatable bonds is 4. The first-order chi connectivity index (χ1) is 14.1. The minimum Gasteiger partial charge on any atom is -0.375 e. The number of nitrogens with one attached hydrogen (secondary N) is 1. The van der Waals surface area contributed by atoms with Crippen LogP contribution in [0.4, 0.5) is 11.8 Å². The van der Waals surface area contributed by atoms with Gasteiger partial charge in [0.25, 0.3) is 5.56 Å². The van der Waals surface area contributed by atoms with Crippen molar-refractivity contribution in [2.45, 2.75) is 51.7 Å². The van der Waals surface area contributed by atoms with Crippen LogP contribution in [0.5, 0.6) is 0 Å². The van der Waals surface area contributed by atoms with Gasteiger partial charge in [-0.1, -0.05) is 37.3 Å². The maximum atomic E-state index is 12.5. The van der Waals surface area contributed by atoms with Crippen molar-refractivity contribution in [1.82, 2.24) is 9.97 Å². The molecule has 2 fully saturated rings. The third kappa shape index (κ3) is 4.99. The molecule has 1 N–H and O–H groups in total. The van der Waals surface area contributed by atoms with Crippen molar-refractivity contribution in [3.05, 3.63) is 52.3 Å². The lowest BCUT2D eigenvalue weighted by Crippen LogP contribution is -2.43. The Morgan fingerprint density at radius 2 is 2.03 bits per heavy atom. The summed E-state index contributed by atoms with van der Waals surface area (Å²) in [6.07, 6.45) is 4.56. The number of morpholine rings is 1. The largest absolute Gasteiger partial charge is 0.375 e. The number of nitrogens with zero attached hydrogens (tertiary/aromatic N) is 3. The van der Waals surface area contributed by atoms with E-state index in [1.165, 1.54) is 12.0 Å². The first kappa shape index (κ1) is 20.0. The fraction of sp³-hybridized carbons (Fsp3) is 0.565. The van der Waals surface area contributed by atoms with Gasteiger partial charge < -0.3 is 14.5 Å². The van der Waals surface area contributed by atoms with E-state index in [-0.39, 0.29) is 11.7 Å². The van der Waals surface area contributed by atoms with Crippen molar-refractivity contribution in [1.29, 1.82) is 0 Å². The lowest BCUT2D eigenvalue weighted by atomic mass is 9.94. The average Bonchev–Trinajstić information content (AvgIpc) is 2.89. The molecule has 2 saturated heterocycles. The van der Waals surface area contributed by atoms with Gasteiger partial charge in [-0.15, -0.1) is 0 Å². The SMILES string of the molecule is CC1CN(c2cc(=O)[nH]c(N3CCC[C@H](C)C[C@@H]3Cc3ccccc3)n2)CCO1. The minimum absolute atomic E-state index is 0.0834. The summed E-state index contributed by atoms with van der Waals surface area (Å²) >= 11 is 0. The van der Waals surface area contributed by atoms with E-state index in [4.69, 9.17) is 9.72 Å². The van der Waals surface area contributed by atoms with E-state index in [2.05, 4.69) is 59.0 Å². The van der Waals surface area contributed by atoms with Gasteiger partial charge in [-0.2, -0.15) is 4.98 Å². The van der Waals surface area contributed by atoms with Crippen LogP contribution >= 0.6 is 0 Å². The lowest BCUT2D eigenvalue weighted by molar-refractivity contribution is 0.0529. The second kappa shape index (κ2) is 8.99. The number of hydrogen-bond acceptors (Lipinski definition) is 5. The summed E-state index contributed by atoms with van der Waals surface area (Å²) in [7, 11) is 0. The molecule has 2 aliphatic heterocycles. The molecular weight excluding hydrogens is 364 g/mol. The summed E-state index contributed by atoms with van der Waals surface area (Å²) in [4.78, 5) is 25.0. The predicted octanol–water partition coefficient (Wildman–Crippen LogP) is 3.23. The van der Waals surface area contributed by atoms with Crippen LogP contribution in [0.25, 0.3) is 0 Å². The Morgan fingerprint density at radius 3 is 2.83 bits per heavy atom. The molecule has 0 radical (unpaired) electrons. The molecule has 1 aromatic heterocycles. The quantitative estimate of drug-likeness (QED) is 0.860. The summed E-state index contributed by atoms with van der Waals surface area (Å²) in [6.45, 7) is 7.53. The van der Waals surface area contributed by atoms with E-state index >= 15 is 0 Å². The zero-order valence-electron chi connectivity index (χ0n) is 17.5. The number of H-pyrrole nitrogens is 1. The number of aromatic amines is 1. The number of aromatic nitrogens is 2. The Labute approximate surface area is 172 Å². The van der Waals surface area contributed by atoms with Crippen molar-refractivity contribution < 1.29 is 4.74 Å². The lowest BCUT2D eigenvalue weighted by Gasteiger charge is -2.34. The van der Waals surface area contributed by atoms with Gasteiger partial charge in [-0.25, -0.2) is 0 Å². The van der Waals surface area contributed by atoms with Crippen molar-refractivity contribution in [2.24, 2.45) is 5.92 Å². The third-order valence-corrected chi connectivity index (χ3v) is 6.08. The van der Waals surface area contributed by atoms with Crippen LogP contribution in [-0.4, -0.2) is 48.4 Å².